The molecule has 0 saturated carbocycles. The van der Waals surface area contributed by atoms with Gasteiger partial charge in [0.25, 0.3) is 11.6 Å². The summed E-state index contributed by atoms with van der Waals surface area (Å²) in [5.74, 6) is -0.369. The van der Waals surface area contributed by atoms with Crippen LogP contribution >= 0.6 is 22.7 Å². The van der Waals surface area contributed by atoms with Gasteiger partial charge in [-0.15, -0.1) is 22.7 Å². The van der Waals surface area contributed by atoms with Gasteiger partial charge < -0.3 is 0 Å². The van der Waals surface area contributed by atoms with E-state index in [1.165, 1.54) is 17.4 Å². The number of hydrogen-bond donors (Lipinski definition) is 1. The number of thiophene rings is 1. The minimum Gasteiger partial charge on any atom is -0.297 e. The zero-order chi connectivity index (χ0) is 15.8. The monoisotopic (exact) mass is 325 g/mol. The zero-order valence-corrected chi connectivity index (χ0v) is 13.7. The lowest BCUT2D eigenvalue weighted by molar-refractivity contribution is -0.385. The first-order chi connectivity index (χ1) is 9.68. The van der Waals surface area contributed by atoms with Crippen LogP contribution in [-0.2, 0) is 5.41 Å². The van der Waals surface area contributed by atoms with Crippen LogP contribution in [0.2, 0.25) is 0 Å². The van der Waals surface area contributed by atoms with Gasteiger partial charge in [-0.25, -0.2) is 4.98 Å². The van der Waals surface area contributed by atoms with E-state index in [0.717, 1.165) is 17.0 Å². The number of carbonyl (C=O) groups is 1. The molecular formula is C13H15N3O3S2. The van der Waals surface area contributed by atoms with E-state index >= 15 is 0 Å². The maximum absolute atomic E-state index is 12.1. The van der Waals surface area contributed by atoms with Crippen LogP contribution in [0.4, 0.5) is 10.8 Å². The first-order valence-electron chi connectivity index (χ1n) is 6.20. The van der Waals surface area contributed by atoms with E-state index in [2.05, 4.69) is 10.3 Å². The molecule has 6 nitrogen and oxygen atoms in total. The number of aromatic nitrogens is 1. The third-order valence-corrected chi connectivity index (χ3v) is 4.60. The lowest BCUT2D eigenvalue weighted by atomic mass is 9.93. The molecular weight excluding hydrogens is 310 g/mol. The summed E-state index contributed by atoms with van der Waals surface area (Å²) in [5, 5.41) is 15.9. The minimum absolute atomic E-state index is 0.0281. The number of rotatable bonds is 3. The van der Waals surface area contributed by atoms with Crippen molar-refractivity contribution in [3.63, 3.8) is 0 Å². The van der Waals surface area contributed by atoms with Crippen molar-refractivity contribution >= 4 is 39.4 Å². The Balaban J connectivity index is 2.17. The van der Waals surface area contributed by atoms with Crippen molar-refractivity contribution in [1.29, 1.82) is 0 Å². The Kier molecular flexibility index (Phi) is 4.11. The van der Waals surface area contributed by atoms with Crippen molar-refractivity contribution in [2.75, 3.05) is 5.32 Å². The highest BCUT2D eigenvalue weighted by atomic mass is 32.1. The van der Waals surface area contributed by atoms with Crippen molar-refractivity contribution in [2.45, 2.75) is 33.1 Å². The van der Waals surface area contributed by atoms with Gasteiger partial charge in [0.15, 0.2) is 5.13 Å². The van der Waals surface area contributed by atoms with Crippen molar-refractivity contribution in [3.05, 3.63) is 37.0 Å². The van der Waals surface area contributed by atoms with Crippen LogP contribution in [-0.4, -0.2) is 15.8 Å². The molecule has 21 heavy (non-hydrogen) atoms. The van der Waals surface area contributed by atoms with Gasteiger partial charge in [-0.3, -0.25) is 20.2 Å². The highest BCUT2D eigenvalue weighted by Gasteiger charge is 2.21. The average Bonchev–Trinajstić information content (AvgIpc) is 2.94. The first-order valence-corrected chi connectivity index (χ1v) is 7.90. The molecule has 0 radical (unpaired) electrons. The van der Waals surface area contributed by atoms with Crippen LogP contribution in [0.25, 0.3) is 0 Å². The van der Waals surface area contributed by atoms with E-state index in [1.54, 1.807) is 6.92 Å². The summed E-state index contributed by atoms with van der Waals surface area (Å²) in [7, 11) is 0. The molecule has 2 heterocycles. The fraction of sp³-hybridized carbons (Fsp3) is 0.385. The Morgan fingerprint density at radius 1 is 1.43 bits per heavy atom. The summed E-state index contributed by atoms with van der Waals surface area (Å²) in [4.78, 5) is 27.6. The standard InChI is InChI=1S/C13H15N3O3S2/c1-7-8(16(18)19)5-9(21-7)11(17)15-12-14-10(6-20-12)13(2,3)4/h5-6H,1-4H3,(H,14,15,17). The molecule has 8 heteroatoms. The van der Waals surface area contributed by atoms with Gasteiger partial charge in [-0.05, 0) is 6.92 Å². The second kappa shape index (κ2) is 5.53. The van der Waals surface area contributed by atoms with Gasteiger partial charge in [0.05, 0.1) is 20.4 Å². The fourth-order valence-electron chi connectivity index (χ4n) is 1.60. The summed E-state index contributed by atoms with van der Waals surface area (Å²) >= 11 is 2.45. The van der Waals surface area contributed by atoms with Gasteiger partial charge in [0.2, 0.25) is 0 Å². The van der Waals surface area contributed by atoms with Crippen LogP contribution in [0.5, 0.6) is 0 Å². The van der Waals surface area contributed by atoms with Crippen molar-refractivity contribution in [3.8, 4) is 0 Å². The number of carbonyl (C=O) groups excluding carboxylic acids is 1. The summed E-state index contributed by atoms with van der Waals surface area (Å²) in [6.07, 6.45) is 0. The normalized spacial score (nSPS) is 11.4. The van der Waals surface area contributed by atoms with Crippen LogP contribution < -0.4 is 5.32 Å². The van der Waals surface area contributed by atoms with Crippen LogP contribution in [0, 0.1) is 17.0 Å². The van der Waals surface area contributed by atoms with Crippen LogP contribution in [0.1, 0.15) is 41.0 Å². The molecule has 0 aliphatic carbocycles. The second-order valence-corrected chi connectivity index (χ2v) is 7.67. The number of nitrogens with one attached hydrogen (secondary N) is 1. The fourth-order valence-corrected chi connectivity index (χ4v) is 3.41. The van der Waals surface area contributed by atoms with Crippen molar-refractivity contribution in [2.24, 2.45) is 0 Å². The smallest absolute Gasteiger partial charge is 0.283 e. The lowest BCUT2D eigenvalue weighted by Gasteiger charge is -2.14. The molecule has 0 bridgehead atoms. The number of thiazole rings is 1. The molecule has 0 aromatic carbocycles. The van der Waals surface area contributed by atoms with Gasteiger partial charge in [-0.1, -0.05) is 20.8 Å². The predicted molar refractivity (Wildman–Crippen MR) is 84.5 cm³/mol. The van der Waals surface area contributed by atoms with Gasteiger partial charge in [0, 0.05) is 16.9 Å². The molecule has 2 aromatic rings. The highest BCUT2D eigenvalue weighted by Crippen LogP contribution is 2.30. The predicted octanol–water partition coefficient (Wildman–Crippen LogP) is 3.97. The largest absolute Gasteiger partial charge is 0.297 e. The molecule has 1 amide bonds. The molecule has 1 N–H and O–H groups in total. The Hall–Kier alpha value is -1.80. The summed E-state index contributed by atoms with van der Waals surface area (Å²) in [6, 6.07) is 1.30. The Morgan fingerprint density at radius 3 is 2.57 bits per heavy atom. The molecule has 2 aromatic heterocycles. The van der Waals surface area contributed by atoms with Crippen LogP contribution in [0.15, 0.2) is 11.4 Å². The van der Waals surface area contributed by atoms with E-state index in [9.17, 15) is 14.9 Å². The Labute approximate surface area is 130 Å². The number of nitro groups is 1. The topological polar surface area (TPSA) is 85.1 Å². The molecule has 112 valence electrons. The summed E-state index contributed by atoms with van der Waals surface area (Å²) < 4.78 is 0. The molecule has 0 fully saturated rings. The van der Waals surface area contributed by atoms with E-state index < -0.39 is 4.92 Å². The zero-order valence-electron chi connectivity index (χ0n) is 12.1. The molecule has 0 atom stereocenters. The van der Waals surface area contributed by atoms with E-state index in [1.807, 2.05) is 26.2 Å². The minimum atomic E-state index is -0.482. The quantitative estimate of drug-likeness (QED) is 0.683. The number of nitrogens with zero attached hydrogens (tertiary/aromatic N) is 2. The Morgan fingerprint density at radius 2 is 2.10 bits per heavy atom. The molecule has 0 saturated heterocycles. The highest BCUT2D eigenvalue weighted by molar-refractivity contribution is 7.15. The van der Waals surface area contributed by atoms with E-state index in [0.29, 0.717) is 14.9 Å². The maximum atomic E-state index is 12.1. The first kappa shape index (κ1) is 15.6. The number of amides is 1. The summed E-state index contributed by atoms with van der Waals surface area (Å²) in [5.41, 5.74) is 0.786. The maximum Gasteiger partial charge on any atom is 0.283 e. The third-order valence-electron chi connectivity index (χ3n) is 2.81. The third kappa shape index (κ3) is 3.45. The van der Waals surface area contributed by atoms with Crippen molar-refractivity contribution in [1.82, 2.24) is 4.98 Å². The molecule has 0 spiro atoms. The number of anilines is 1. The van der Waals surface area contributed by atoms with E-state index in [-0.39, 0.29) is 17.0 Å². The number of aryl methyl sites for hydroxylation is 1. The summed E-state index contributed by atoms with van der Waals surface area (Å²) in [6.45, 7) is 7.75. The van der Waals surface area contributed by atoms with Gasteiger partial charge in [0.1, 0.15) is 0 Å². The second-order valence-electron chi connectivity index (χ2n) is 5.55. The van der Waals surface area contributed by atoms with Crippen molar-refractivity contribution < 1.29 is 9.72 Å². The number of hydrogen-bond acceptors (Lipinski definition) is 6. The van der Waals surface area contributed by atoms with Gasteiger partial charge >= 0.3 is 0 Å². The van der Waals surface area contributed by atoms with E-state index in [4.69, 9.17) is 0 Å². The average molecular weight is 325 g/mol. The SMILES string of the molecule is Cc1sc(C(=O)Nc2nc(C(C)(C)C)cs2)cc1[N+](=O)[O-]. The molecule has 0 aliphatic heterocycles. The molecule has 0 aliphatic rings. The van der Waals surface area contributed by atoms with Gasteiger partial charge in [-0.2, -0.15) is 0 Å². The molecule has 0 unspecified atom stereocenters. The molecule has 2 rings (SSSR count). The Bertz CT molecular complexity index is 698. The lowest BCUT2D eigenvalue weighted by Crippen LogP contribution is -2.13. The van der Waals surface area contributed by atoms with Crippen LogP contribution in [0.3, 0.4) is 0 Å².